The van der Waals surface area contributed by atoms with Crippen molar-refractivity contribution in [3.05, 3.63) is 12.2 Å². The molecular formula is C15H29O6P. The first-order valence-corrected chi connectivity index (χ1v) is 9.38. The molecule has 1 N–H and O–H groups in total. The van der Waals surface area contributed by atoms with Crippen LogP contribution in [0.4, 0.5) is 0 Å². The van der Waals surface area contributed by atoms with Crippen LogP contribution in [0.2, 0.25) is 0 Å². The molecule has 6 nitrogen and oxygen atoms in total. The van der Waals surface area contributed by atoms with Gasteiger partial charge in [-0.1, -0.05) is 33.3 Å². The van der Waals surface area contributed by atoms with Crippen molar-refractivity contribution in [2.45, 2.75) is 58.7 Å². The second-order valence-corrected chi connectivity index (χ2v) is 7.24. The smallest absolute Gasteiger partial charge is 0.371 e. The highest BCUT2D eigenvalue weighted by Crippen LogP contribution is 2.55. The molecule has 130 valence electrons. The number of aliphatic hydroxyl groups is 1. The molecule has 0 heterocycles. The molecule has 0 aliphatic carbocycles. The lowest BCUT2D eigenvalue weighted by atomic mass is 10.4. The summed E-state index contributed by atoms with van der Waals surface area (Å²) >= 11 is 0. The van der Waals surface area contributed by atoms with Crippen molar-refractivity contribution in [1.82, 2.24) is 0 Å². The Balaban J connectivity index is 5.02. The number of unbranched alkanes of at least 4 members (excludes halogenated alkanes) is 2. The minimum atomic E-state index is -3.64. The van der Waals surface area contributed by atoms with E-state index in [-0.39, 0.29) is 31.8 Å². The normalized spacial score (nSPS) is 12.9. The highest BCUT2D eigenvalue weighted by molar-refractivity contribution is 7.54. The first-order valence-electron chi connectivity index (χ1n) is 7.77. The van der Waals surface area contributed by atoms with E-state index in [1.54, 1.807) is 0 Å². The Kier molecular flexibility index (Phi) is 11.5. The first-order chi connectivity index (χ1) is 10.4. The Morgan fingerprint density at radius 1 is 1.18 bits per heavy atom. The van der Waals surface area contributed by atoms with Crippen LogP contribution in [0.25, 0.3) is 0 Å². The van der Waals surface area contributed by atoms with Crippen molar-refractivity contribution in [3.8, 4) is 0 Å². The number of hydrogen-bond acceptors (Lipinski definition) is 6. The molecule has 0 aromatic rings. The minimum absolute atomic E-state index is 0.00541. The van der Waals surface area contributed by atoms with Gasteiger partial charge in [0.15, 0.2) is 0 Å². The first kappa shape index (κ1) is 21.3. The maximum atomic E-state index is 12.9. The van der Waals surface area contributed by atoms with E-state index in [0.29, 0.717) is 0 Å². The molecule has 1 unspecified atom stereocenters. The number of ether oxygens (including phenoxy) is 1. The van der Waals surface area contributed by atoms with Crippen molar-refractivity contribution in [2.24, 2.45) is 0 Å². The van der Waals surface area contributed by atoms with E-state index in [9.17, 15) is 9.36 Å². The fraction of sp³-hybridized carbons (Fsp3) is 0.800. The molecule has 0 radical (unpaired) electrons. The average Bonchev–Trinajstić information content (AvgIpc) is 2.47. The number of carbonyl (C=O) groups is 1. The summed E-state index contributed by atoms with van der Waals surface area (Å²) in [7, 11) is -3.64. The van der Waals surface area contributed by atoms with E-state index < -0.39 is 19.4 Å². The summed E-state index contributed by atoms with van der Waals surface area (Å²) in [6.45, 7) is 9.19. The summed E-state index contributed by atoms with van der Waals surface area (Å²) in [4.78, 5) is 11.7. The topological polar surface area (TPSA) is 82.1 Å². The van der Waals surface area contributed by atoms with Crippen LogP contribution in [0.1, 0.15) is 52.9 Å². The monoisotopic (exact) mass is 336 g/mol. The summed E-state index contributed by atoms with van der Waals surface area (Å²) in [5.41, 5.74) is 0.191. The number of esters is 1. The fourth-order valence-corrected chi connectivity index (χ4v) is 3.32. The predicted octanol–water partition coefficient (Wildman–Crippen LogP) is 3.64. The lowest BCUT2D eigenvalue weighted by molar-refractivity contribution is -0.142. The van der Waals surface area contributed by atoms with E-state index in [2.05, 4.69) is 6.58 Å². The van der Waals surface area contributed by atoms with Gasteiger partial charge in [0.05, 0.1) is 13.2 Å². The van der Waals surface area contributed by atoms with Crippen LogP contribution in [0.3, 0.4) is 0 Å². The van der Waals surface area contributed by atoms with Gasteiger partial charge in [-0.05, 0) is 19.8 Å². The third-order valence-electron chi connectivity index (χ3n) is 2.86. The zero-order valence-electron chi connectivity index (χ0n) is 13.9. The maximum Gasteiger partial charge on any atom is 0.371 e. The summed E-state index contributed by atoms with van der Waals surface area (Å²) < 4.78 is 29.0. The molecule has 0 aliphatic rings. The van der Waals surface area contributed by atoms with E-state index in [1.807, 2.05) is 13.8 Å². The number of aliphatic hydroxyl groups excluding tert-OH is 1. The Labute approximate surface area is 133 Å². The van der Waals surface area contributed by atoms with Gasteiger partial charge in [0.2, 0.25) is 5.85 Å². The van der Waals surface area contributed by atoms with Crippen molar-refractivity contribution in [3.63, 3.8) is 0 Å². The highest BCUT2D eigenvalue weighted by atomic mass is 31.2. The standard InChI is InChI=1S/C15H29O6P/c1-5-7-11-19-22(18,20-12-8-6-2)14(9-10-16)21-15(17)13(3)4/h14,16H,3,5-12H2,1-2,4H3. The van der Waals surface area contributed by atoms with Gasteiger partial charge in [-0.3, -0.25) is 4.57 Å². The Morgan fingerprint density at radius 2 is 1.68 bits per heavy atom. The lowest BCUT2D eigenvalue weighted by Gasteiger charge is -2.26. The zero-order chi connectivity index (χ0) is 17.0. The molecule has 0 aliphatic heterocycles. The molecular weight excluding hydrogens is 307 g/mol. The Morgan fingerprint density at radius 3 is 2.05 bits per heavy atom. The van der Waals surface area contributed by atoms with Crippen LogP contribution in [-0.4, -0.2) is 36.7 Å². The molecule has 0 aromatic heterocycles. The molecule has 0 fully saturated rings. The highest BCUT2D eigenvalue weighted by Gasteiger charge is 2.39. The van der Waals surface area contributed by atoms with E-state index in [1.165, 1.54) is 6.92 Å². The number of hydrogen-bond donors (Lipinski definition) is 1. The molecule has 0 rings (SSSR count). The Hall–Kier alpha value is -0.680. The maximum absolute atomic E-state index is 12.9. The molecule has 22 heavy (non-hydrogen) atoms. The van der Waals surface area contributed by atoms with Crippen LogP contribution in [0.5, 0.6) is 0 Å². The van der Waals surface area contributed by atoms with Gasteiger partial charge in [-0.2, -0.15) is 0 Å². The average molecular weight is 336 g/mol. The van der Waals surface area contributed by atoms with Crippen LogP contribution in [0.15, 0.2) is 12.2 Å². The third kappa shape index (κ3) is 8.08. The molecule has 1 atom stereocenters. The van der Waals surface area contributed by atoms with Crippen molar-refractivity contribution in [1.29, 1.82) is 0 Å². The van der Waals surface area contributed by atoms with Crippen molar-refractivity contribution >= 4 is 13.6 Å². The van der Waals surface area contributed by atoms with Crippen LogP contribution in [0, 0.1) is 0 Å². The molecule has 0 spiro atoms. The number of carbonyl (C=O) groups excluding carboxylic acids is 1. The van der Waals surface area contributed by atoms with E-state index >= 15 is 0 Å². The summed E-state index contributed by atoms with van der Waals surface area (Å²) in [5, 5.41) is 9.15. The second-order valence-electron chi connectivity index (χ2n) is 5.07. The third-order valence-corrected chi connectivity index (χ3v) is 5.01. The van der Waals surface area contributed by atoms with Gasteiger partial charge in [-0.15, -0.1) is 0 Å². The van der Waals surface area contributed by atoms with Crippen LogP contribution < -0.4 is 0 Å². The summed E-state index contributed by atoms with van der Waals surface area (Å²) in [5.74, 6) is -1.78. The summed E-state index contributed by atoms with van der Waals surface area (Å²) in [6, 6.07) is 0. The molecule has 0 amide bonds. The summed E-state index contributed by atoms with van der Waals surface area (Å²) in [6.07, 6.45) is 3.20. The predicted molar refractivity (Wildman–Crippen MR) is 85.7 cm³/mol. The minimum Gasteiger partial charge on any atom is -0.446 e. The molecule has 0 bridgehead atoms. The lowest BCUT2D eigenvalue weighted by Crippen LogP contribution is -2.23. The molecule has 0 saturated heterocycles. The van der Waals surface area contributed by atoms with Gasteiger partial charge >= 0.3 is 13.6 Å². The quantitative estimate of drug-likeness (QED) is 0.239. The van der Waals surface area contributed by atoms with Gasteiger partial charge in [0.1, 0.15) is 0 Å². The Bertz CT molecular complexity index is 368. The largest absolute Gasteiger partial charge is 0.446 e. The SMILES string of the molecule is C=C(C)C(=O)OC(CCO)P(=O)(OCCCC)OCCCC. The van der Waals surface area contributed by atoms with Gasteiger partial charge in [0.25, 0.3) is 0 Å². The van der Waals surface area contributed by atoms with Gasteiger partial charge in [-0.25, -0.2) is 4.79 Å². The second kappa shape index (κ2) is 11.8. The van der Waals surface area contributed by atoms with Crippen LogP contribution in [-0.2, 0) is 23.1 Å². The van der Waals surface area contributed by atoms with Gasteiger partial charge < -0.3 is 18.9 Å². The molecule has 7 heteroatoms. The van der Waals surface area contributed by atoms with Gasteiger partial charge in [0, 0.05) is 18.6 Å². The number of rotatable bonds is 13. The van der Waals surface area contributed by atoms with Crippen molar-refractivity contribution < 1.29 is 28.3 Å². The van der Waals surface area contributed by atoms with E-state index in [0.717, 1.165) is 25.7 Å². The zero-order valence-corrected chi connectivity index (χ0v) is 14.8. The fourth-order valence-electron chi connectivity index (χ4n) is 1.49. The van der Waals surface area contributed by atoms with Crippen LogP contribution >= 0.6 is 7.60 Å². The van der Waals surface area contributed by atoms with Crippen molar-refractivity contribution in [2.75, 3.05) is 19.8 Å². The molecule has 0 aromatic carbocycles. The molecule has 0 saturated carbocycles. The van der Waals surface area contributed by atoms with E-state index in [4.69, 9.17) is 18.9 Å².